The van der Waals surface area contributed by atoms with Crippen LogP contribution in [0.5, 0.6) is 11.5 Å². The second-order valence-electron chi connectivity index (χ2n) is 5.58. The number of phenols is 2. The fraction of sp³-hybridized carbons (Fsp3) is 0.158. The molecule has 7 heteroatoms. The summed E-state index contributed by atoms with van der Waals surface area (Å²) >= 11 is 4.97. The van der Waals surface area contributed by atoms with Crippen LogP contribution >= 0.6 is 27.3 Å². The van der Waals surface area contributed by atoms with Gasteiger partial charge in [0, 0.05) is 33.6 Å². The lowest BCUT2D eigenvalue weighted by atomic mass is 10.1. The van der Waals surface area contributed by atoms with Crippen molar-refractivity contribution in [3.8, 4) is 22.8 Å². The number of hydrogen-bond acceptors (Lipinski definition) is 5. The number of halogens is 1. The van der Waals surface area contributed by atoms with Crippen LogP contribution in [0.1, 0.15) is 19.4 Å². The third-order valence-corrected chi connectivity index (χ3v) is 5.12. The summed E-state index contributed by atoms with van der Waals surface area (Å²) in [5.74, 6) is 0.000659. The van der Waals surface area contributed by atoms with Crippen molar-refractivity contribution in [1.29, 1.82) is 0 Å². The Balaban J connectivity index is 2.15. The van der Waals surface area contributed by atoms with Crippen LogP contribution in [0, 0.1) is 0 Å². The van der Waals surface area contributed by atoms with Crippen molar-refractivity contribution in [2.45, 2.75) is 13.8 Å². The second kappa shape index (κ2) is 7.88. The summed E-state index contributed by atoms with van der Waals surface area (Å²) in [4.78, 5) is 5.30. The Morgan fingerprint density at radius 3 is 2.54 bits per heavy atom. The molecular formula is C19H18BrN3O2S. The molecule has 0 saturated heterocycles. The summed E-state index contributed by atoms with van der Waals surface area (Å²) in [6.07, 6.45) is 0. The predicted molar refractivity (Wildman–Crippen MR) is 109 cm³/mol. The Labute approximate surface area is 163 Å². The molecule has 2 N–H and O–H groups in total. The van der Waals surface area contributed by atoms with Crippen molar-refractivity contribution in [3.05, 3.63) is 62.7 Å². The molecule has 0 amide bonds. The number of phenolic OH excluding ortho intramolecular Hbond substituents is 2. The minimum absolute atomic E-state index is 0.0127. The average Bonchev–Trinajstić information content (AvgIpc) is 2.98. The molecule has 0 saturated carbocycles. The SMILES string of the molecule is CCN=c1scc(-c2ccc(Br)cc2)n1N=C(C)c1ccc(O)cc1O. The molecular weight excluding hydrogens is 414 g/mol. The van der Waals surface area contributed by atoms with Gasteiger partial charge in [-0.1, -0.05) is 28.1 Å². The Morgan fingerprint density at radius 2 is 1.88 bits per heavy atom. The summed E-state index contributed by atoms with van der Waals surface area (Å²) in [5, 5.41) is 26.3. The van der Waals surface area contributed by atoms with Gasteiger partial charge in [-0.05, 0) is 38.1 Å². The van der Waals surface area contributed by atoms with Crippen molar-refractivity contribution in [2.75, 3.05) is 6.54 Å². The number of thiazole rings is 1. The Hall–Kier alpha value is -2.38. The molecule has 5 nitrogen and oxygen atoms in total. The number of nitrogens with zero attached hydrogens (tertiary/aromatic N) is 3. The van der Waals surface area contributed by atoms with Gasteiger partial charge in [0.1, 0.15) is 11.5 Å². The smallest absolute Gasteiger partial charge is 0.206 e. The molecule has 0 aliphatic rings. The molecule has 2 aromatic carbocycles. The fourth-order valence-electron chi connectivity index (χ4n) is 2.49. The van der Waals surface area contributed by atoms with E-state index in [1.807, 2.05) is 43.5 Å². The Morgan fingerprint density at radius 1 is 1.15 bits per heavy atom. The van der Waals surface area contributed by atoms with Gasteiger partial charge in [-0.2, -0.15) is 5.10 Å². The number of aromatic hydroxyl groups is 2. The highest BCUT2D eigenvalue weighted by molar-refractivity contribution is 9.10. The zero-order chi connectivity index (χ0) is 18.7. The van der Waals surface area contributed by atoms with Gasteiger partial charge in [0.05, 0.1) is 11.4 Å². The number of rotatable bonds is 4. The van der Waals surface area contributed by atoms with Crippen LogP contribution in [0.4, 0.5) is 0 Å². The van der Waals surface area contributed by atoms with E-state index in [9.17, 15) is 10.2 Å². The highest BCUT2D eigenvalue weighted by Gasteiger charge is 2.11. The van der Waals surface area contributed by atoms with Gasteiger partial charge in [-0.15, -0.1) is 11.3 Å². The molecule has 3 rings (SSSR count). The zero-order valence-electron chi connectivity index (χ0n) is 14.3. The van der Waals surface area contributed by atoms with E-state index >= 15 is 0 Å². The maximum atomic E-state index is 10.1. The lowest BCUT2D eigenvalue weighted by Gasteiger charge is -2.08. The van der Waals surface area contributed by atoms with Crippen LogP contribution in [0.15, 0.2) is 62.4 Å². The van der Waals surface area contributed by atoms with Crippen LogP contribution in [-0.2, 0) is 0 Å². The molecule has 0 spiro atoms. The molecule has 3 aromatic rings. The molecule has 0 unspecified atom stereocenters. The Bertz CT molecular complexity index is 1020. The van der Waals surface area contributed by atoms with Crippen LogP contribution < -0.4 is 4.80 Å². The third-order valence-electron chi connectivity index (χ3n) is 3.74. The van der Waals surface area contributed by atoms with E-state index in [2.05, 4.69) is 20.9 Å². The first-order valence-electron chi connectivity index (χ1n) is 8.04. The highest BCUT2D eigenvalue weighted by atomic mass is 79.9. The fourth-order valence-corrected chi connectivity index (χ4v) is 3.65. The first-order chi connectivity index (χ1) is 12.5. The summed E-state index contributed by atoms with van der Waals surface area (Å²) < 4.78 is 2.80. The zero-order valence-corrected chi connectivity index (χ0v) is 16.8. The Kier molecular flexibility index (Phi) is 5.58. The van der Waals surface area contributed by atoms with E-state index in [4.69, 9.17) is 5.10 Å². The molecule has 0 atom stereocenters. The first kappa shape index (κ1) is 18.4. The predicted octanol–water partition coefficient (Wildman–Crippen LogP) is 4.58. The molecule has 0 fully saturated rings. The molecule has 1 heterocycles. The summed E-state index contributed by atoms with van der Waals surface area (Å²) in [6.45, 7) is 4.45. The minimum atomic E-state index is -0.0127. The summed E-state index contributed by atoms with van der Waals surface area (Å²) in [7, 11) is 0. The molecule has 0 radical (unpaired) electrons. The quantitative estimate of drug-likeness (QED) is 0.593. The standard InChI is InChI=1S/C19H18BrN3O2S/c1-3-21-19-23(17(11-26-19)13-4-6-14(20)7-5-13)22-12(2)16-9-8-15(24)10-18(16)25/h4-11,24-25H,3H2,1-2H3. The minimum Gasteiger partial charge on any atom is -0.508 e. The van der Waals surface area contributed by atoms with Crippen molar-refractivity contribution in [1.82, 2.24) is 4.68 Å². The number of aromatic nitrogens is 1. The van der Waals surface area contributed by atoms with Gasteiger partial charge in [0.15, 0.2) is 0 Å². The van der Waals surface area contributed by atoms with Gasteiger partial charge >= 0.3 is 0 Å². The van der Waals surface area contributed by atoms with Gasteiger partial charge in [-0.3, -0.25) is 4.99 Å². The van der Waals surface area contributed by atoms with Crippen LogP contribution in [0.2, 0.25) is 0 Å². The van der Waals surface area contributed by atoms with E-state index in [1.165, 1.54) is 23.5 Å². The van der Waals surface area contributed by atoms with Crippen molar-refractivity contribution in [3.63, 3.8) is 0 Å². The van der Waals surface area contributed by atoms with Gasteiger partial charge in [0.25, 0.3) is 0 Å². The molecule has 26 heavy (non-hydrogen) atoms. The number of benzene rings is 2. The van der Waals surface area contributed by atoms with E-state index in [0.717, 1.165) is 20.5 Å². The average molecular weight is 432 g/mol. The summed E-state index contributed by atoms with van der Waals surface area (Å²) in [5.41, 5.74) is 3.13. The molecule has 0 aliphatic carbocycles. The normalized spacial score (nSPS) is 12.6. The van der Waals surface area contributed by atoms with E-state index in [1.54, 1.807) is 10.7 Å². The van der Waals surface area contributed by atoms with Gasteiger partial charge < -0.3 is 10.2 Å². The van der Waals surface area contributed by atoms with Crippen LogP contribution in [0.3, 0.4) is 0 Å². The van der Waals surface area contributed by atoms with Crippen molar-refractivity contribution >= 4 is 33.0 Å². The van der Waals surface area contributed by atoms with Gasteiger partial charge in [0.2, 0.25) is 4.80 Å². The molecule has 134 valence electrons. The van der Waals surface area contributed by atoms with E-state index in [0.29, 0.717) is 17.8 Å². The molecule has 0 bridgehead atoms. The van der Waals surface area contributed by atoms with Crippen molar-refractivity contribution in [2.24, 2.45) is 10.1 Å². The first-order valence-corrected chi connectivity index (χ1v) is 9.71. The monoisotopic (exact) mass is 431 g/mol. The van der Waals surface area contributed by atoms with E-state index in [-0.39, 0.29) is 11.5 Å². The largest absolute Gasteiger partial charge is 0.508 e. The maximum Gasteiger partial charge on any atom is 0.206 e. The summed E-state index contributed by atoms with van der Waals surface area (Å²) in [6, 6.07) is 12.5. The molecule has 0 aliphatic heterocycles. The lowest BCUT2D eigenvalue weighted by molar-refractivity contribution is 0.450. The third kappa shape index (κ3) is 3.89. The van der Waals surface area contributed by atoms with Crippen molar-refractivity contribution < 1.29 is 10.2 Å². The number of hydrogen-bond donors (Lipinski definition) is 2. The van der Waals surface area contributed by atoms with Crippen LogP contribution in [0.25, 0.3) is 11.3 Å². The lowest BCUT2D eigenvalue weighted by Crippen LogP contribution is -2.14. The van der Waals surface area contributed by atoms with Crippen LogP contribution in [-0.4, -0.2) is 27.1 Å². The van der Waals surface area contributed by atoms with E-state index < -0.39 is 0 Å². The maximum absolute atomic E-state index is 10.1. The van der Waals surface area contributed by atoms with Gasteiger partial charge in [-0.25, -0.2) is 4.68 Å². The topological polar surface area (TPSA) is 70.1 Å². The second-order valence-corrected chi connectivity index (χ2v) is 7.34. The highest BCUT2D eigenvalue weighted by Crippen LogP contribution is 2.25. The molecule has 1 aromatic heterocycles.